The van der Waals surface area contributed by atoms with E-state index in [9.17, 15) is 4.39 Å². The van der Waals surface area contributed by atoms with Gasteiger partial charge in [-0.25, -0.2) is 19.4 Å². The quantitative estimate of drug-likeness (QED) is 0.737. The van der Waals surface area contributed by atoms with Crippen LogP contribution in [0.5, 0.6) is 17.2 Å². The molecule has 3 heterocycles. The second-order valence-electron chi connectivity index (χ2n) is 6.53. The first-order chi connectivity index (χ1) is 13.6. The molecular formula is C20H15FN4O3. The number of nitrogens with two attached hydrogens (primary N) is 1. The van der Waals surface area contributed by atoms with Crippen molar-refractivity contribution in [2.75, 3.05) is 13.7 Å². The van der Waals surface area contributed by atoms with Crippen LogP contribution in [0.4, 0.5) is 4.39 Å². The molecule has 7 nitrogen and oxygen atoms in total. The van der Waals surface area contributed by atoms with Crippen LogP contribution in [-0.4, -0.2) is 29.7 Å². The molecule has 1 spiro atoms. The van der Waals surface area contributed by atoms with Crippen molar-refractivity contribution in [3.63, 3.8) is 0 Å². The number of rotatable bonds is 2. The van der Waals surface area contributed by atoms with Gasteiger partial charge in [-0.2, -0.15) is 0 Å². The summed E-state index contributed by atoms with van der Waals surface area (Å²) in [6, 6.07) is 8.56. The maximum atomic E-state index is 14.7. The first-order valence-corrected chi connectivity index (χ1v) is 8.54. The van der Waals surface area contributed by atoms with Crippen molar-refractivity contribution in [1.29, 1.82) is 0 Å². The maximum absolute atomic E-state index is 14.7. The minimum Gasteiger partial charge on any atom is -0.497 e. The molecule has 2 aromatic carbocycles. The number of hydrogen-bond donors (Lipinski definition) is 1. The van der Waals surface area contributed by atoms with Gasteiger partial charge in [-0.3, -0.25) is 0 Å². The number of aliphatic imine (C=N–C) groups is 1. The van der Waals surface area contributed by atoms with E-state index in [-0.39, 0.29) is 18.4 Å². The Bertz CT molecular complexity index is 1120. The number of halogens is 1. The fraction of sp³-hybridized carbons (Fsp3) is 0.150. The van der Waals surface area contributed by atoms with Crippen molar-refractivity contribution in [1.82, 2.24) is 9.97 Å². The van der Waals surface area contributed by atoms with Crippen molar-refractivity contribution in [2.24, 2.45) is 10.7 Å². The van der Waals surface area contributed by atoms with Crippen LogP contribution in [0.3, 0.4) is 0 Å². The lowest BCUT2D eigenvalue weighted by Crippen LogP contribution is -2.31. The van der Waals surface area contributed by atoms with E-state index in [2.05, 4.69) is 15.0 Å². The van der Waals surface area contributed by atoms with Crippen molar-refractivity contribution >= 4 is 6.02 Å². The minimum atomic E-state index is -1.03. The zero-order valence-electron chi connectivity index (χ0n) is 14.8. The Morgan fingerprint density at radius 2 is 1.93 bits per heavy atom. The average molecular weight is 378 g/mol. The summed E-state index contributed by atoms with van der Waals surface area (Å²) in [7, 11) is 1.47. The lowest BCUT2D eigenvalue weighted by Gasteiger charge is -2.34. The molecule has 1 aromatic heterocycles. The second kappa shape index (κ2) is 5.91. The molecule has 8 heteroatoms. The minimum absolute atomic E-state index is 0.0375. The smallest absolute Gasteiger partial charge is 0.283 e. The van der Waals surface area contributed by atoms with Crippen LogP contribution in [-0.2, 0) is 10.3 Å². The first kappa shape index (κ1) is 16.5. The fourth-order valence-corrected chi connectivity index (χ4v) is 3.63. The highest BCUT2D eigenvalue weighted by Gasteiger charge is 2.48. The lowest BCUT2D eigenvalue weighted by atomic mass is 9.80. The number of ether oxygens (including phenoxy) is 3. The van der Waals surface area contributed by atoms with E-state index in [1.807, 2.05) is 12.1 Å². The van der Waals surface area contributed by atoms with Gasteiger partial charge in [0.15, 0.2) is 17.1 Å². The van der Waals surface area contributed by atoms with Gasteiger partial charge in [0.1, 0.15) is 24.4 Å². The third-order valence-corrected chi connectivity index (χ3v) is 4.96. The number of benzene rings is 2. The summed E-state index contributed by atoms with van der Waals surface area (Å²) in [6.45, 7) is 0.129. The molecular weight excluding hydrogens is 363 g/mol. The molecule has 28 heavy (non-hydrogen) atoms. The van der Waals surface area contributed by atoms with E-state index < -0.39 is 11.4 Å². The van der Waals surface area contributed by atoms with Crippen LogP contribution in [0, 0.1) is 5.82 Å². The highest BCUT2D eigenvalue weighted by atomic mass is 19.1. The zero-order chi connectivity index (χ0) is 19.3. The fourth-order valence-electron chi connectivity index (χ4n) is 3.63. The van der Waals surface area contributed by atoms with Crippen LogP contribution in [0.1, 0.15) is 11.1 Å². The number of nitrogens with zero attached hydrogens (tertiary/aromatic N) is 3. The number of aromatic nitrogens is 2. The summed E-state index contributed by atoms with van der Waals surface area (Å²) < 4.78 is 31.4. The molecule has 0 bridgehead atoms. The summed E-state index contributed by atoms with van der Waals surface area (Å²) in [4.78, 5) is 12.7. The summed E-state index contributed by atoms with van der Waals surface area (Å²) in [5, 5.41) is 0. The predicted octanol–water partition coefficient (Wildman–Crippen LogP) is 2.99. The SMILES string of the molecule is COc1cc(F)c2c(c1)[C@]1(COC(N)=N1)c1cc(-c3cncnc3)ccc1O2. The normalized spacial score (nSPS) is 19.3. The average Bonchev–Trinajstić information content (AvgIpc) is 3.11. The number of hydrogen-bond acceptors (Lipinski definition) is 7. The summed E-state index contributed by atoms with van der Waals surface area (Å²) in [6.07, 6.45) is 4.89. The van der Waals surface area contributed by atoms with Gasteiger partial charge in [0.2, 0.25) is 0 Å². The molecule has 5 rings (SSSR count). The van der Waals surface area contributed by atoms with E-state index >= 15 is 0 Å². The van der Waals surface area contributed by atoms with E-state index in [0.717, 1.165) is 16.7 Å². The van der Waals surface area contributed by atoms with Gasteiger partial charge in [0.05, 0.1) is 7.11 Å². The van der Waals surface area contributed by atoms with Crippen LogP contribution >= 0.6 is 0 Å². The monoisotopic (exact) mass is 378 g/mol. The van der Waals surface area contributed by atoms with Crippen LogP contribution in [0.25, 0.3) is 11.1 Å². The highest BCUT2D eigenvalue weighted by Crippen LogP contribution is 2.53. The maximum Gasteiger partial charge on any atom is 0.283 e. The van der Waals surface area contributed by atoms with E-state index in [4.69, 9.17) is 19.9 Å². The Hall–Kier alpha value is -3.68. The van der Waals surface area contributed by atoms with Crippen LogP contribution in [0.2, 0.25) is 0 Å². The lowest BCUT2D eigenvalue weighted by molar-refractivity contribution is 0.261. The molecule has 140 valence electrons. The second-order valence-corrected chi connectivity index (χ2v) is 6.53. The molecule has 3 aromatic rings. The topological polar surface area (TPSA) is 91.9 Å². The molecule has 0 aliphatic carbocycles. The third kappa shape index (κ3) is 2.31. The molecule has 1 atom stereocenters. The molecule has 2 aliphatic heterocycles. The molecule has 2 N–H and O–H groups in total. The number of fused-ring (bicyclic) bond motifs is 4. The largest absolute Gasteiger partial charge is 0.497 e. The van der Waals surface area contributed by atoms with Gasteiger partial charge in [0, 0.05) is 35.2 Å². The molecule has 0 fully saturated rings. The van der Waals surface area contributed by atoms with E-state index in [0.29, 0.717) is 17.1 Å². The van der Waals surface area contributed by atoms with Gasteiger partial charge in [-0.15, -0.1) is 0 Å². The molecule has 0 amide bonds. The molecule has 0 saturated heterocycles. The summed E-state index contributed by atoms with van der Waals surface area (Å²) in [5.41, 5.74) is 7.74. The third-order valence-electron chi connectivity index (χ3n) is 4.96. The molecule has 0 saturated carbocycles. The Labute approximate surface area is 159 Å². The van der Waals surface area contributed by atoms with Crippen molar-refractivity contribution < 1.29 is 18.6 Å². The van der Waals surface area contributed by atoms with Gasteiger partial charge in [-0.1, -0.05) is 6.07 Å². The molecule has 2 aliphatic rings. The standard InChI is InChI=1S/C20H15FN4O3/c1-26-13-5-15-18(16(21)6-13)28-17-3-2-11(12-7-23-10-24-8-12)4-14(17)20(15)9-27-19(22)25-20/h2-8,10H,9H2,1H3,(H2,22,25)/t20-/m0/s1. The van der Waals surface area contributed by atoms with Crippen molar-refractivity contribution in [3.8, 4) is 28.4 Å². The highest BCUT2D eigenvalue weighted by molar-refractivity contribution is 5.78. The van der Waals surface area contributed by atoms with Gasteiger partial charge in [0.25, 0.3) is 6.02 Å². The zero-order valence-corrected chi connectivity index (χ0v) is 14.8. The van der Waals surface area contributed by atoms with Gasteiger partial charge < -0.3 is 19.9 Å². The van der Waals surface area contributed by atoms with Gasteiger partial charge in [-0.05, 0) is 23.8 Å². The molecule has 0 unspecified atom stereocenters. The summed E-state index contributed by atoms with van der Waals surface area (Å²) >= 11 is 0. The van der Waals surface area contributed by atoms with Gasteiger partial charge >= 0.3 is 0 Å². The Morgan fingerprint density at radius 1 is 1.11 bits per heavy atom. The Morgan fingerprint density at radius 3 is 2.64 bits per heavy atom. The van der Waals surface area contributed by atoms with Crippen LogP contribution in [0.15, 0.2) is 54.0 Å². The summed E-state index contributed by atoms with van der Waals surface area (Å²) in [5.74, 6) is 0.391. The Balaban J connectivity index is 1.77. The number of methoxy groups -OCH3 is 1. The van der Waals surface area contributed by atoms with E-state index in [1.165, 1.54) is 19.5 Å². The predicted molar refractivity (Wildman–Crippen MR) is 98.8 cm³/mol. The van der Waals surface area contributed by atoms with E-state index in [1.54, 1.807) is 24.5 Å². The molecule has 0 radical (unpaired) electrons. The van der Waals surface area contributed by atoms with Crippen LogP contribution < -0.4 is 15.2 Å². The van der Waals surface area contributed by atoms with Crippen molar-refractivity contribution in [3.05, 3.63) is 66.0 Å². The Kier molecular flexibility index (Phi) is 3.48. The first-order valence-electron chi connectivity index (χ1n) is 8.54. The van der Waals surface area contributed by atoms with Crippen molar-refractivity contribution in [2.45, 2.75) is 5.54 Å². The number of amidine groups is 1.